The van der Waals surface area contributed by atoms with Crippen LogP contribution >= 0.6 is 11.6 Å². The van der Waals surface area contributed by atoms with Gasteiger partial charge in [0.25, 0.3) is 0 Å². The van der Waals surface area contributed by atoms with Gasteiger partial charge in [0.2, 0.25) is 0 Å². The minimum absolute atomic E-state index is 0.0856. The van der Waals surface area contributed by atoms with Crippen LogP contribution in [0, 0.1) is 40.4 Å². The molecule has 0 atom stereocenters. The van der Waals surface area contributed by atoms with Gasteiger partial charge in [-0.3, -0.25) is 0 Å². The van der Waals surface area contributed by atoms with Crippen LogP contribution in [0.5, 0.6) is 11.5 Å². The van der Waals surface area contributed by atoms with Crippen LogP contribution in [0.1, 0.15) is 27.8 Å². The summed E-state index contributed by atoms with van der Waals surface area (Å²) in [6, 6.07) is 16.2. The summed E-state index contributed by atoms with van der Waals surface area (Å²) in [5.74, 6) is 0.139. The molecule has 4 rings (SSSR count). The van der Waals surface area contributed by atoms with Crippen molar-refractivity contribution < 1.29 is 22.6 Å². The minimum Gasteiger partial charge on any atom is -0.395 e. The number of aryl methyl sites for hydroxylation is 5. The van der Waals surface area contributed by atoms with Gasteiger partial charge < -0.3 is 9.47 Å². The maximum atomic E-state index is 12.7. The molecule has 0 saturated carbocycles. The van der Waals surface area contributed by atoms with Crippen molar-refractivity contribution in [3.63, 3.8) is 0 Å². The van der Waals surface area contributed by atoms with Gasteiger partial charge in [-0.2, -0.15) is 0 Å². The van der Waals surface area contributed by atoms with Crippen LogP contribution in [0.4, 0.5) is 13.2 Å². The molecular formula is C24H24ClF3O2. The third kappa shape index (κ3) is 6.17. The molecule has 30 heavy (non-hydrogen) atoms. The molecule has 0 unspecified atom stereocenters. The maximum Gasteiger partial charge on any atom is 0.586 e. The second-order valence-electron chi connectivity index (χ2n) is 6.98. The fourth-order valence-corrected chi connectivity index (χ4v) is 2.82. The molecule has 0 bridgehead atoms. The van der Waals surface area contributed by atoms with Crippen molar-refractivity contribution in [1.82, 2.24) is 0 Å². The Kier molecular flexibility index (Phi) is 7.79. The molecule has 0 aromatic heterocycles. The topological polar surface area (TPSA) is 18.5 Å². The number of fused-ring (bicyclic) bond motifs is 1. The number of hydrogen-bond donors (Lipinski definition) is 0. The van der Waals surface area contributed by atoms with Crippen LogP contribution in [-0.2, 0) is 0 Å². The fourth-order valence-electron chi connectivity index (χ4n) is 2.69. The Morgan fingerprint density at radius 3 is 1.53 bits per heavy atom. The Labute approximate surface area is 180 Å². The maximum absolute atomic E-state index is 12.7. The molecule has 1 aliphatic heterocycles. The molecule has 2 nitrogen and oxygen atoms in total. The average Bonchev–Trinajstić information content (AvgIpc) is 3.01. The van der Waals surface area contributed by atoms with Crippen molar-refractivity contribution in [3.8, 4) is 11.5 Å². The summed E-state index contributed by atoms with van der Waals surface area (Å²) >= 11 is 5.88. The van der Waals surface area contributed by atoms with Crippen molar-refractivity contribution in [3.05, 3.63) is 93.3 Å². The Bertz CT molecular complexity index is 929. The second-order valence-corrected chi connectivity index (χ2v) is 7.36. The molecule has 0 aliphatic carbocycles. The number of benzene rings is 3. The third-order valence-electron chi connectivity index (χ3n) is 4.40. The molecule has 1 aliphatic rings. The number of hydrogen-bond acceptors (Lipinski definition) is 2. The van der Waals surface area contributed by atoms with Gasteiger partial charge in [0.1, 0.15) is 5.82 Å². The van der Waals surface area contributed by atoms with E-state index < -0.39 is 6.29 Å². The van der Waals surface area contributed by atoms with E-state index in [0.717, 1.165) is 27.3 Å². The van der Waals surface area contributed by atoms with Gasteiger partial charge in [0.15, 0.2) is 11.5 Å². The Hall–Kier alpha value is -2.66. The van der Waals surface area contributed by atoms with Gasteiger partial charge in [0.05, 0.1) is 0 Å². The Morgan fingerprint density at radius 1 is 0.667 bits per heavy atom. The number of halogens is 4. The molecule has 0 saturated heterocycles. The number of para-hydroxylation sites is 1. The van der Waals surface area contributed by atoms with Crippen LogP contribution in [0.2, 0.25) is 5.02 Å². The molecule has 0 fully saturated rings. The first kappa shape index (κ1) is 23.6. The summed E-state index contributed by atoms with van der Waals surface area (Å²) in [6.45, 7) is 9.24. The highest BCUT2D eigenvalue weighted by atomic mass is 35.5. The van der Waals surface area contributed by atoms with Crippen LogP contribution in [0.15, 0.2) is 54.6 Å². The summed E-state index contributed by atoms with van der Waals surface area (Å²) in [4.78, 5) is 0. The van der Waals surface area contributed by atoms with Crippen molar-refractivity contribution in [1.29, 1.82) is 0 Å². The highest BCUT2D eigenvalue weighted by Gasteiger charge is 2.43. The highest BCUT2D eigenvalue weighted by molar-refractivity contribution is 6.32. The SMILES string of the molecule is Cc1cccc(C)c1Cl.Cc1cccc(C)c1F.Cc1cccc2c1OC(F)(F)O2. The van der Waals surface area contributed by atoms with E-state index in [9.17, 15) is 13.2 Å². The molecule has 3 aromatic rings. The smallest absolute Gasteiger partial charge is 0.395 e. The Balaban J connectivity index is 0.000000163. The molecule has 160 valence electrons. The van der Waals surface area contributed by atoms with E-state index in [2.05, 4.69) is 9.47 Å². The third-order valence-corrected chi connectivity index (χ3v) is 4.99. The summed E-state index contributed by atoms with van der Waals surface area (Å²) in [7, 11) is 0. The van der Waals surface area contributed by atoms with E-state index in [1.165, 1.54) is 6.07 Å². The zero-order valence-electron chi connectivity index (χ0n) is 17.5. The summed E-state index contributed by atoms with van der Waals surface area (Å²) in [6.07, 6.45) is -3.51. The van der Waals surface area contributed by atoms with Crippen molar-refractivity contribution in [2.45, 2.75) is 40.9 Å². The predicted molar refractivity (Wildman–Crippen MR) is 114 cm³/mol. The van der Waals surface area contributed by atoms with Crippen LogP contribution < -0.4 is 9.47 Å². The van der Waals surface area contributed by atoms with E-state index in [1.54, 1.807) is 45.0 Å². The number of ether oxygens (including phenoxy) is 2. The normalized spacial score (nSPS) is 13.0. The molecule has 6 heteroatoms. The van der Waals surface area contributed by atoms with Gasteiger partial charge in [-0.1, -0.05) is 60.1 Å². The zero-order chi connectivity index (χ0) is 22.5. The second kappa shape index (κ2) is 9.90. The van der Waals surface area contributed by atoms with Crippen molar-refractivity contribution in [2.24, 2.45) is 0 Å². The molecule has 0 spiro atoms. The van der Waals surface area contributed by atoms with E-state index >= 15 is 0 Å². The largest absolute Gasteiger partial charge is 0.586 e. The van der Waals surface area contributed by atoms with E-state index in [4.69, 9.17) is 11.6 Å². The van der Waals surface area contributed by atoms with E-state index in [0.29, 0.717) is 5.56 Å². The lowest BCUT2D eigenvalue weighted by atomic mass is 10.1. The van der Waals surface area contributed by atoms with E-state index in [1.807, 2.05) is 38.1 Å². The number of rotatable bonds is 0. The monoisotopic (exact) mass is 436 g/mol. The molecule has 3 aromatic carbocycles. The predicted octanol–water partition coefficient (Wildman–Crippen LogP) is 7.72. The Morgan fingerprint density at radius 2 is 1.10 bits per heavy atom. The lowest BCUT2D eigenvalue weighted by Gasteiger charge is -2.04. The fraction of sp³-hybridized carbons (Fsp3) is 0.250. The number of alkyl halides is 2. The first-order valence-electron chi connectivity index (χ1n) is 9.30. The zero-order valence-corrected chi connectivity index (χ0v) is 18.3. The average molecular weight is 437 g/mol. The first-order valence-corrected chi connectivity index (χ1v) is 9.68. The molecule has 0 N–H and O–H groups in total. The molecule has 0 amide bonds. The molecule has 1 heterocycles. The quantitative estimate of drug-likeness (QED) is 0.359. The summed E-state index contributed by atoms with van der Waals surface area (Å²) in [5, 5.41) is 0.887. The molecule has 0 radical (unpaired) electrons. The molecular weight excluding hydrogens is 413 g/mol. The first-order chi connectivity index (χ1) is 14.0. The van der Waals surface area contributed by atoms with Gasteiger partial charge in [0, 0.05) is 5.02 Å². The van der Waals surface area contributed by atoms with Gasteiger partial charge >= 0.3 is 6.29 Å². The van der Waals surface area contributed by atoms with Gasteiger partial charge in [-0.25, -0.2) is 4.39 Å². The van der Waals surface area contributed by atoms with E-state index in [-0.39, 0.29) is 17.3 Å². The highest BCUT2D eigenvalue weighted by Crippen LogP contribution is 2.42. The van der Waals surface area contributed by atoms with Crippen LogP contribution in [0.3, 0.4) is 0 Å². The summed E-state index contributed by atoms with van der Waals surface area (Å²) < 4.78 is 46.2. The summed E-state index contributed by atoms with van der Waals surface area (Å²) in [5.41, 5.74) is 4.38. The lowest BCUT2D eigenvalue weighted by molar-refractivity contribution is -0.286. The minimum atomic E-state index is -3.51. The standard InChI is InChI=1S/C8H9Cl.C8H6F2O2.C8H9F/c1-6-4-3-5-7(2)8(6)9;1-5-3-2-4-6-7(5)12-8(9,10)11-6;1-6-4-3-5-7(2)8(6)9/h3-5H,1-2H3;2-4H,1H3;3-5H,1-2H3. The van der Waals surface area contributed by atoms with Crippen molar-refractivity contribution >= 4 is 11.6 Å². The van der Waals surface area contributed by atoms with Crippen LogP contribution in [-0.4, -0.2) is 6.29 Å². The van der Waals surface area contributed by atoms with Gasteiger partial charge in [-0.15, -0.1) is 8.78 Å². The lowest BCUT2D eigenvalue weighted by Crippen LogP contribution is -2.26. The van der Waals surface area contributed by atoms with Gasteiger partial charge in [-0.05, 0) is 68.5 Å². The van der Waals surface area contributed by atoms with Crippen LogP contribution in [0.25, 0.3) is 0 Å². The van der Waals surface area contributed by atoms with Crippen molar-refractivity contribution in [2.75, 3.05) is 0 Å².